The summed E-state index contributed by atoms with van der Waals surface area (Å²) in [5, 5.41) is 0. The first-order valence-electron chi connectivity index (χ1n) is 5.00. The zero-order valence-electron chi connectivity index (χ0n) is 10.0. The molecule has 0 radical (unpaired) electrons. The molecule has 17 heavy (non-hydrogen) atoms. The molecule has 0 spiro atoms. The maximum atomic E-state index is 12.1. The fourth-order valence-electron chi connectivity index (χ4n) is 1.29. The number of benzene rings is 1. The summed E-state index contributed by atoms with van der Waals surface area (Å²) in [5.74, 6) is -0.484. The lowest BCUT2D eigenvalue weighted by atomic mass is 10.1. The Kier molecular flexibility index (Phi) is 4.07. The van der Waals surface area contributed by atoms with Crippen molar-refractivity contribution < 1.29 is 13.2 Å². The summed E-state index contributed by atoms with van der Waals surface area (Å²) in [6, 6.07) is 8.35. The van der Waals surface area contributed by atoms with Crippen molar-refractivity contribution in [1.29, 1.82) is 0 Å². The lowest BCUT2D eigenvalue weighted by Gasteiger charge is -2.09. The highest BCUT2D eigenvalue weighted by molar-refractivity contribution is 7.95. The molecule has 1 aromatic rings. The molecule has 0 amide bonds. The highest BCUT2D eigenvalue weighted by Gasteiger charge is 2.21. The first-order valence-corrected chi connectivity index (χ1v) is 6.89. The third-order valence-corrected chi connectivity index (χ3v) is 3.12. The van der Waals surface area contributed by atoms with Gasteiger partial charge in [0.05, 0.1) is 0 Å². The molecular formula is C12H15NO3S. The van der Waals surface area contributed by atoms with E-state index in [1.165, 1.54) is 11.1 Å². The van der Waals surface area contributed by atoms with Crippen LogP contribution in [0.3, 0.4) is 0 Å². The average Bonchev–Trinajstić information content (AvgIpc) is 2.24. The quantitative estimate of drug-likeness (QED) is 0.600. The summed E-state index contributed by atoms with van der Waals surface area (Å²) in [7, 11) is -0.197. The van der Waals surface area contributed by atoms with Crippen LogP contribution in [0.25, 0.3) is 0 Å². The van der Waals surface area contributed by atoms with E-state index < -0.39 is 15.6 Å². The molecule has 1 rings (SSSR count). The standard InChI is InChI=1S/C12H15NO3S/c1-13(2)9-11(17(3,15)16)12(14)10-7-5-4-6-8-10/h4-9H,1-3H3/b11-9-. The number of nitrogens with zero attached hydrogens (tertiary/aromatic N) is 1. The van der Waals surface area contributed by atoms with Crippen LogP contribution in [0.1, 0.15) is 10.4 Å². The smallest absolute Gasteiger partial charge is 0.205 e. The average molecular weight is 253 g/mol. The van der Waals surface area contributed by atoms with Crippen LogP contribution in [0, 0.1) is 0 Å². The molecule has 0 unspecified atom stereocenters. The Hall–Kier alpha value is -1.62. The van der Waals surface area contributed by atoms with Crippen LogP contribution in [-0.2, 0) is 9.84 Å². The van der Waals surface area contributed by atoms with Crippen LogP contribution in [-0.4, -0.2) is 39.5 Å². The molecule has 4 nitrogen and oxygen atoms in total. The van der Waals surface area contributed by atoms with Crippen LogP contribution in [0.15, 0.2) is 41.4 Å². The van der Waals surface area contributed by atoms with Gasteiger partial charge in [0.15, 0.2) is 9.84 Å². The molecule has 0 fully saturated rings. The number of ketones is 1. The van der Waals surface area contributed by atoms with Crippen molar-refractivity contribution in [3.05, 3.63) is 47.0 Å². The van der Waals surface area contributed by atoms with Crippen LogP contribution < -0.4 is 0 Å². The molecule has 92 valence electrons. The van der Waals surface area contributed by atoms with Gasteiger partial charge in [0, 0.05) is 32.1 Å². The van der Waals surface area contributed by atoms with E-state index in [2.05, 4.69) is 0 Å². The van der Waals surface area contributed by atoms with Crippen molar-refractivity contribution in [3.63, 3.8) is 0 Å². The minimum Gasteiger partial charge on any atom is -0.382 e. The maximum absolute atomic E-state index is 12.1. The second kappa shape index (κ2) is 5.14. The second-order valence-electron chi connectivity index (χ2n) is 3.92. The van der Waals surface area contributed by atoms with Crippen molar-refractivity contribution in [2.24, 2.45) is 0 Å². The molecule has 0 aromatic heterocycles. The van der Waals surface area contributed by atoms with Gasteiger partial charge in [0.1, 0.15) is 4.91 Å². The molecule has 0 aliphatic rings. The topological polar surface area (TPSA) is 54.5 Å². The van der Waals surface area contributed by atoms with Crippen molar-refractivity contribution in [2.75, 3.05) is 20.4 Å². The third-order valence-electron chi connectivity index (χ3n) is 2.03. The first-order chi connectivity index (χ1) is 7.82. The molecule has 0 heterocycles. The summed E-state index contributed by atoms with van der Waals surface area (Å²) in [5.41, 5.74) is 0.367. The summed E-state index contributed by atoms with van der Waals surface area (Å²) in [4.78, 5) is 13.4. The van der Waals surface area contributed by atoms with Crippen LogP contribution in [0.2, 0.25) is 0 Å². The summed E-state index contributed by atoms with van der Waals surface area (Å²) < 4.78 is 23.1. The number of allylic oxidation sites excluding steroid dienone is 1. The van der Waals surface area contributed by atoms with Gasteiger partial charge in [-0.1, -0.05) is 30.3 Å². The Bertz CT molecular complexity index is 530. The number of sulfone groups is 1. The lowest BCUT2D eigenvalue weighted by Crippen LogP contribution is -2.16. The van der Waals surface area contributed by atoms with E-state index in [4.69, 9.17) is 0 Å². The number of Topliss-reactive ketones (excluding diaryl/α,β-unsaturated/α-hetero) is 1. The minimum atomic E-state index is -3.54. The largest absolute Gasteiger partial charge is 0.382 e. The summed E-state index contributed by atoms with van der Waals surface area (Å²) >= 11 is 0. The second-order valence-corrected chi connectivity index (χ2v) is 5.91. The zero-order chi connectivity index (χ0) is 13.1. The Balaban J connectivity index is 3.24. The molecule has 1 aromatic carbocycles. The normalized spacial score (nSPS) is 12.3. The lowest BCUT2D eigenvalue weighted by molar-refractivity contribution is 0.104. The molecule has 0 aliphatic heterocycles. The summed E-state index contributed by atoms with van der Waals surface area (Å²) in [6.45, 7) is 0. The van der Waals surface area contributed by atoms with E-state index in [0.717, 1.165) is 6.26 Å². The van der Waals surface area contributed by atoms with E-state index in [0.29, 0.717) is 5.56 Å². The Morgan fingerprint density at radius 2 is 1.71 bits per heavy atom. The van der Waals surface area contributed by atoms with Gasteiger partial charge in [0.2, 0.25) is 5.78 Å². The van der Waals surface area contributed by atoms with Crippen molar-refractivity contribution in [1.82, 2.24) is 4.90 Å². The molecule has 0 saturated heterocycles. The number of carbonyl (C=O) groups is 1. The van der Waals surface area contributed by atoms with E-state index in [-0.39, 0.29) is 4.91 Å². The predicted octanol–water partition coefficient (Wildman–Crippen LogP) is 1.32. The van der Waals surface area contributed by atoms with Gasteiger partial charge in [-0.05, 0) is 0 Å². The third kappa shape index (κ3) is 3.71. The van der Waals surface area contributed by atoms with E-state index in [9.17, 15) is 13.2 Å². The maximum Gasteiger partial charge on any atom is 0.205 e. The van der Waals surface area contributed by atoms with E-state index in [1.54, 1.807) is 44.4 Å². The van der Waals surface area contributed by atoms with Crippen LogP contribution in [0.5, 0.6) is 0 Å². The zero-order valence-corrected chi connectivity index (χ0v) is 10.9. The van der Waals surface area contributed by atoms with E-state index in [1.807, 2.05) is 0 Å². The minimum absolute atomic E-state index is 0.200. The molecule has 0 aliphatic carbocycles. The van der Waals surface area contributed by atoms with Crippen molar-refractivity contribution in [3.8, 4) is 0 Å². The van der Waals surface area contributed by atoms with Crippen LogP contribution >= 0.6 is 0 Å². The van der Waals surface area contributed by atoms with Gasteiger partial charge in [-0.15, -0.1) is 0 Å². The number of hydrogen-bond acceptors (Lipinski definition) is 4. The van der Waals surface area contributed by atoms with Gasteiger partial charge < -0.3 is 4.90 Å². The molecule has 0 atom stereocenters. The predicted molar refractivity (Wildman–Crippen MR) is 67.4 cm³/mol. The highest BCUT2D eigenvalue weighted by Crippen LogP contribution is 2.13. The monoisotopic (exact) mass is 253 g/mol. The summed E-state index contributed by atoms with van der Waals surface area (Å²) in [6.07, 6.45) is 2.36. The number of carbonyl (C=O) groups excluding carboxylic acids is 1. The molecule has 0 bridgehead atoms. The Morgan fingerprint density at radius 1 is 1.18 bits per heavy atom. The van der Waals surface area contributed by atoms with E-state index >= 15 is 0 Å². The van der Waals surface area contributed by atoms with Crippen molar-refractivity contribution >= 4 is 15.6 Å². The van der Waals surface area contributed by atoms with Gasteiger partial charge in [0.25, 0.3) is 0 Å². The molecule has 0 N–H and O–H groups in total. The number of hydrogen-bond donors (Lipinski definition) is 0. The first kappa shape index (κ1) is 13.4. The fraction of sp³-hybridized carbons (Fsp3) is 0.250. The fourth-order valence-corrected chi connectivity index (χ4v) is 2.15. The highest BCUT2D eigenvalue weighted by atomic mass is 32.2. The van der Waals surface area contributed by atoms with Crippen molar-refractivity contribution in [2.45, 2.75) is 0 Å². The van der Waals surface area contributed by atoms with Gasteiger partial charge in [-0.25, -0.2) is 8.42 Å². The number of rotatable bonds is 4. The van der Waals surface area contributed by atoms with Gasteiger partial charge in [-0.2, -0.15) is 0 Å². The SMILES string of the molecule is CN(C)/C=C(/C(=O)c1ccccc1)S(C)(=O)=O. The molecule has 0 saturated carbocycles. The Labute approximate surface area is 101 Å². The molecule has 5 heteroatoms. The van der Waals surface area contributed by atoms with Crippen LogP contribution in [0.4, 0.5) is 0 Å². The van der Waals surface area contributed by atoms with Gasteiger partial charge in [-0.3, -0.25) is 4.79 Å². The Morgan fingerprint density at radius 3 is 2.12 bits per heavy atom. The molecular weight excluding hydrogens is 238 g/mol. The van der Waals surface area contributed by atoms with Gasteiger partial charge >= 0.3 is 0 Å².